The number of piperidine rings is 1. The fourth-order valence-corrected chi connectivity index (χ4v) is 2.54. The molecule has 17 heavy (non-hydrogen) atoms. The number of anilines is 1. The number of rotatable bonds is 2. The summed E-state index contributed by atoms with van der Waals surface area (Å²) in [5.74, 6) is 0.460. The van der Waals surface area contributed by atoms with E-state index in [0.29, 0.717) is 11.6 Å². The first-order valence-electron chi connectivity index (χ1n) is 6.28. The standard InChI is InChI=1S/C14H19F2N/c1-10(2)11-5-7-17(8-6-11)14-4-3-12(15)9-13(14)16/h3-4,9-11H,5-8H2,1-2H3. The average Bonchev–Trinajstić information content (AvgIpc) is 2.29. The zero-order valence-corrected chi connectivity index (χ0v) is 10.4. The summed E-state index contributed by atoms with van der Waals surface area (Å²) in [5.41, 5.74) is 0.536. The highest BCUT2D eigenvalue weighted by Gasteiger charge is 2.23. The van der Waals surface area contributed by atoms with E-state index in [0.717, 1.165) is 37.9 Å². The molecule has 0 bridgehead atoms. The molecule has 1 aliphatic rings. The van der Waals surface area contributed by atoms with E-state index < -0.39 is 11.6 Å². The average molecular weight is 239 g/mol. The van der Waals surface area contributed by atoms with Crippen LogP contribution in [-0.2, 0) is 0 Å². The fraction of sp³-hybridized carbons (Fsp3) is 0.571. The molecule has 0 amide bonds. The molecule has 94 valence electrons. The number of hydrogen-bond donors (Lipinski definition) is 0. The Kier molecular flexibility index (Phi) is 3.65. The van der Waals surface area contributed by atoms with Gasteiger partial charge in [-0.1, -0.05) is 13.8 Å². The molecule has 1 nitrogen and oxygen atoms in total. The van der Waals surface area contributed by atoms with Crippen LogP contribution in [0.1, 0.15) is 26.7 Å². The van der Waals surface area contributed by atoms with Gasteiger partial charge in [-0.25, -0.2) is 8.78 Å². The summed E-state index contributed by atoms with van der Waals surface area (Å²) in [4.78, 5) is 2.02. The van der Waals surface area contributed by atoms with E-state index in [4.69, 9.17) is 0 Å². The zero-order valence-electron chi connectivity index (χ0n) is 10.4. The molecule has 1 aromatic carbocycles. The van der Waals surface area contributed by atoms with Crippen LogP contribution in [0.4, 0.5) is 14.5 Å². The van der Waals surface area contributed by atoms with Crippen molar-refractivity contribution < 1.29 is 8.78 Å². The molecule has 3 heteroatoms. The summed E-state index contributed by atoms with van der Waals surface area (Å²) < 4.78 is 26.4. The first-order valence-corrected chi connectivity index (χ1v) is 6.28. The largest absolute Gasteiger partial charge is 0.369 e. The Morgan fingerprint density at radius 3 is 2.35 bits per heavy atom. The second kappa shape index (κ2) is 5.03. The van der Waals surface area contributed by atoms with Gasteiger partial charge in [0.2, 0.25) is 0 Å². The monoisotopic (exact) mass is 239 g/mol. The molecule has 2 rings (SSSR count). The minimum absolute atomic E-state index is 0.451. The summed E-state index contributed by atoms with van der Waals surface area (Å²) in [7, 11) is 0. The predicted octanol–water partition coefficient (Wildman–Crippen LogP) is 3.84. The normalized spacial score (nSPS) is 17.8. The Morgan fingerprint density at radius 1 is 1.18 bits per heavy atom. The van der Waals surface area contributed by atoms with Gasteiger partial charge in [0.05, 0.1) is 5.69 Å². The van der Waals surface area contributed by atoms with Crippen LogP contribution < -0.4 is 4.90 Å². The summed E-state index contributed by atoms with van der Waals surface area (Å²) in [6, 6.07) is 3.83. The van der Waals surface area contributed by atoms with Gasteiger partial charge in [0.1, 0.15) is 11.6 Å². The highest BCUT2D eigenvalue weighted by Crippen LogP contribution is 2.29. The van der Waals surface area contributed by atoms with E-state index in [2.05, 4.69) is 13.8 Å². The Hall–Kier alpha value is -1.12. The van der Waals surface area contributed by atoms with Crippen molar-refractivity contribution in [2.75, 3.05) is 18.0 Å². The van der Waals surface area contributed by atoms with Crippen molar-refractivity contribution in [1.29, 1.82) is 0 Å². The minimum Gasteiger partial charge on any atom is -0.369 e. The van der Waals surface area contributed by atoms with Gasteiger partial charge in [-0.15, -0.1) is 0 Å². The fourth-order valence-electron chi connectivity index (χ4n) is 2.54. The van der Waals surface area contributed by atoms with E-state index in [-0.39, 0.29) is 0 Å². The lowest BCUT2D eigenvalue weighted by Crippen LogP contribution is -2.35. The molecule has 0 aliphatic carbocycles. The van der Waals surface area contributed by atoms with E-state index >= 15 is 0 Å². The number of benzene rings is 1. The van der Waals surface area contributed by atoms with E-state index in [1.807, 2.05) is 4.90 Å². The van der Waals surface area contributed by atoms with Crippen molar-refractivity contribution in [3.8, 4) is 0 Å². The Balaban J connectivity index is 2.05. The molecular weight excluding hydrogens is 220 g/mol. The molecule has 0 N–H and O–H groups in total. The first kappa shape index (κ1) is 12.3. The molecule has 0 unspecified atom stereocenters. The van der Waals surface area contributed by atoms with Crippen LogP contribution in [0.3, 0.4) is 0 Å². The van der Waals surface area contributed by atoms with E-state index in [1.54, 1.807) is 6.07 Å². The maximum absolute atomic E-state index is 13.6. The summed E-state index contributed by atoms with van der Waals surface area (Å²) in [5, 5.41) is 0. The Bertz CT molecular complexity index is 382. The van der Waals surface area contributed by atoms with E-state index in [1.165, 1.54) is 6.07 Å². The maximum atomic E-state index is 13.6. The van der Waals surface area contributed by atoms with Gasteiger partial charge < -0.3 is 4.90 Å². The van der Waals surface area contributed by atoms with Gasteiger partial charge in [-0.3, -0.25) is 0 Å². The van der Waals surface area contributed by atoms with Crippen LogP contribution in [0.2, 0.25) is 0 Å². The molecule has 1 aliphatic heterocycles. The SMILES string of the molecule is CC(C)C1CCN(c2ccc(F)cc2F)CC1. The van der Waals surface area contributed by atoms with Crippen LogP contribution in [0.5, 0.6) is 0 Å². The predicted molar refractivity (Wildman–Crippen MR) is 66.1 cm³/mol. The van der Waals surface area contributed by atoms with Crippen LogP contribution >= 0.6 is 0 Å². The van der Waals surface area contributed by atoms with Crippen molar-refractivity contribution in [3.05, 3.63) is 29.8 Å². The summed E-state index contributed by atoms with van der Waals surface area (Å²) >= 11 is 0. The second-order valence-electron chi connectivity index (χ2n) is 5.16. The second-order valence-corrected chi connectivity index (χ2v) is 5.16. The van der Waals surface area contributed by atoms with Gasteiger partial charge in [-0.05, 0) is 36.8 Å². The van der Waals surface area contributed by atoms with Gasteiger partial charge in [-0.2, -0.15) is 0 Å². The highest BCUT2D eigenvalue weighted by atomic mass is 19.1. The topological polar surface area (TPSA) is 3.24 Å². The molecule has 0 spiro atoms. The molecule has 0 saturated carbocycles. The third-order valence-electron chi connectivity index (χ3n) is 3.73. The van der Waals surface area contributed by atoms with Crippen molar-refractivity contribution in [3.63, 3.8) is 0 Å². The van der Waals surface area contributed by atoms with Crippen LogP contribution in [0, 0.1) is 23.5 Å². The van der Waals surface area contributed by atoms with Crippen molar-refractivity contribution >= 4 is 5.69 Å². The molecular formula is C14H19F2N. The summed E-state index contributed by atoms with van der Waals surface area (Å²) in [6.07, 6.45) is 2.18. The molecule has 0 radical (unpaired) electrons. The molecule has 1 heterocycles. The van der Waals surface area contributed by atoms with Crippen LogP contribution in [0.25, 0.3) is 0 Å². The van der Waals surface area contributed by atoms with Gasteiger partial charge in [0.25, 0.3) is 0 Å². The smallest absolute Gasteiger partial charge is 0.149 e. The van der Waals surface area contributed by atoms with Gasteiger partial charge in [0.15, 0.2) is 0 Å². The van der Waals surface area contributed by atoms with Crippen LogP contribution in [-0.4, -0.2) is 13.1 Å². The molecule has 0 aromatic heterocycles. The highest BCUT2D eigenvalue weighted by molar-refractivity contribution is 5.48. The quantitative estimate of drug-likeness (QED) is 0.758. The van der Waals surface area contributed by atoms with Crippen LogP contribution in [0.15, 0.2) is 18.2 Å². The maximum Gasteiger partial charge on any atom is 0.149 e. The lowest BCUT2D eigenvalue weighted by Gasteiger charge is -2.35. The summed E-state index contributed by atoms with van der Waals surface area (Å²) in [6.45, 7) is 6.20. The van der Waals surface area contributed by atoms with Gasteiger partial charge in [0, 0.05) is 19.2 Å². The lowest BCUT2D eigenvalue weighted by molar-refractivity contribution is 0.310. The molecule has 0 atom stereocenters. The zero-order chi connectivity index (χ0) is 12.4. The third-order valence-corrected chi connectivity index (χ3v) is 3.73. The molecule has 1 aromatic rings. The minimum atomic E-state index is -0.511. The van der Waals surface area contributed by atoms with Crippen molar-refractivity contribution in [2.24, 2.45) is 11.8 Å². The first-order chi connectivity index (χ1) is 8.08. The Labute approximate surface area is 101 Å². The molecule has 1 saturated heterocycles. The number of nitrogens with zero attached hydrogens (tertiary/aromatic N) is 1. The third kappa shape index (κ3) is 2.76. The van der Waals surface area contributed by atoms with Crippen molar-refractivity contribution in [2.45, 2.75) is 26.7 Å². The van der Waals surface area contributed by atoms with Gasteiger partial charge >= 0.3 is 0 Å². The number of hydrogen-bond acceptors (Lipinski definition) is 1. The Morgan fingerprint density at radius 2 is 1.82 bits per heavy atom. The molecule has 1 fully saturated rings. The number of halogens is 2. The van der Waals surface area contributed by atoms with Crippen molar-refractivity contribution in [1.82, 2.24) is 0 Å². The van der Waals surface area contributed by atoms with E-state index in [9.17, 15) is 8.78 Å². The lowest BCUT2D eigenvalue weighted by atomic mass is 9.86.